The van der Waals surface area contributed by atoms with E-state index in [1.54, 1.807) is 24.6 Å². The highest BCUT2D eigenvalue weighted by Crippen LogP contribution is 2.25. The molecule has 1 amide bonds. The number of carbonyl (C=O) groups excluding carboxylic acids is 1. The minimum Gasteiger partial charge on any atom is -0.298 e. The van der Waals surface area contributed by atoms with E-state index in [1.165, 1.54) is 52.0 Å². The molecule has 1 aromatic heterocycles. The van der Waals surface area contributed by atoms with E-state index in [2.05, 4.69) is 10.3 Å². The van der Waals surface area contributed by atoms with Crippen LogP contribution in [0.3, 0.4) is 0 Å². The van der Waals surface area contributed by atoms with E-state index in [0.717, 1.165) is 18.4 Å². The van der Waals surface area contributed by atoms with Gasteiger partial charge in [0.2, 0.25) is 10.0 Å². The lowest BCUT2D eigenvalue weighted by molar-refractivity contribution is 0.102. The molecule has 6 nitrogen and oxygen atoms in total. The first-order valence-corrected chi connectivity index (χ1v) is 11.7. The van der Waals surface area contributed by atoms with E-state index in [9.17, 15) is 17.6 Å². The molecule has 2 aromatic carbocycles. The molecule has 0 aliphatic carbocycles. The number of anilines is 1. The van der Waals surface area contributed by atoms with Gasteiger partial charge >= 0.3 is 0 Å². The summed E-state index contributed by atoms with van der Waals surface area (Å²) in [6, 6.07) is 11.7. The summed E-state index contributed by atoms with van der Waals surface area (Å²) in [7, 11) is -2.03. The number of sulfonamides is 1. The number of nitrogens with one attached hydrogen (secondary N) is 1. The SMILES string of the molecule is CCCCN(C)S(=O)(=O)c1ccc(C(=O)Nc2nc(-c3ccc(F)cc3)cs2)cc1. The molecule has 0 saturated heterocycles. The molecule has 0 aliphatic heterocycles. The van der Waals surface area contributed by atoms with Crippen LogP contribution in [0.15, 0.2) is 58.8 Å². The van der Waals surface area contributed by atoms with E-state index < -0.39 is 15.9 Å². The predicted molar refractivity (Wildman–Crippen MR) is 117 cm³/mol. The predicted octanol–water partition coefficient (Wildman–Crippen LogP) is 4.62. The minimum atomic E-state index is -3.58. The highest BCUT2D eigenvalue weighted by molar-refractivity contribution is 7.89. The highest BCUT2D eigenvalue weighted by Gasteiger charge is 2.20. The zero-order valence-electron chi connectivity index (χ0n) is 16.6. The van der Waals surface area contributed by atoms with E-state index in [-0.39, 0.29) is 10.7 Å². The summed E-state index contributed by atoms with van der Waals surface area (Å²) in [5, 5.41) is 4.87. The average Bonchev–Trinajstić information content (AvgIpc) is 3.20. The zero-order valence-corrected chi connectivity index (χ0v) is 18.3. The first-order valence-electron chi connectivity index (χ1n) is 9.40. The molecule has 3 aromatic rings. The molecular formula is C21H22FN3O3S2. The Morgan fingerprint density at radius 2 is 1.80 bits per heavy atom. The van der Waals surface area contributed by atoms with E-state index >= 15 is 0 Å². The molecule has 0 unspecified atom stereocenters. The third-order valence-electron chi connectivity index (χ3n) is 4.52. The molecule has 0 aliphatic rings. The third kappa shape index (κ3) is 5.10. The molecule has 3 rings (SSSR count). The van der Waals surface area contributed by atoms with Crippen LogP contribution >= 0.6 is 11.3 Å². The van der Waals surface area contributed by atoms with Crippen LogP contribution in [0.5, 0.6) is 0 Å². The number of amides is 1. The van der Waals surface area contributed by atoms with Crippen molar-refractivity contribution in [3.8, 4) is 11.3 Å². The van der Waals surface area contributed by atoms with Crippen LogP contribution in [0, 0.1) is 5.82 Å². The van der Waals surface area contributed by atoms with Gasteiger partial charge < -0.3 is 0 Å². The Hall–Kier alpha value is -2.62. The van der Waals surface area contributed by atoms with Gasteiger partial charge in [0, 0.05) is 30.1 Å². The van der Waals surface area contributed by atoms with Gasteiger partial charge in [-0.05, 0) is 55.0 Å². The fourth-order valence-corrected chi connectivity index (χ4v) is 4.64. The van der Waals surface area contributed by atoms with Crippen molar-refractivity contribution in [2.24, 2.45) is 0 Å². The highest BCUT2D eigenvalue weighted by atomic mass is 32.2. The van der Waals surface area contributed by atoms with Crippen LogP contribution in [0.1, 0.15) is 30.1 Å². The summed E-state index contributed by atoms with van der Waals surface area (Å²) >= 11 is 1.25. The largest absolute Gasteiger partial charge is 0.298 e. The molecule has 1 N–H and O–H groups in total. The maximum atomic E-state index is 13.1. The molecule has 0 radical (unpaired) electrons. The first-order chi connectivity index (χ1) is 14.3. The van der Waals surface area contributed by atoms with Crippen LogP contribution < -0.4 is 5.32 Å². The first kappa shape index (κ1) is 22.1. The maximum Gasteiger partial charge on any atom is 0.257 e. The van der Waals surface area contributed by atoms with Gasteiger partial charge in [0.25, 0.3) is 5.91 Å². The molecule has 9 heteroatoms. The van der Waals surface area contributed by atoms with Crippen molar-refractivity contribution in [2.75, 3.05) is 18.9 Å². The quantitative estimate of drug-likeness (QED) is 0.546. The van der Waals surface area contributed by atoms with E-state index in [4.69, 9.17) is 0 Å². The van der Waals surface area contributed by atoms with Crippen molar-refractivity contribution >= 4 is 32.4 Å². The second kappa shape index (κ2) is 9.46. The number of hydrogen-bond acceptors (Lipinski definition) is 5. The van der Waals surface area contributed by atoms with Crippen molar-refractivity contribution < 1.29 is 17.6 Å². The minimum absolute atomic E-state index is 0.144. The summed E-state index contributed by atoms with van der Waals surface area (Å²) in [6.45, 7) is 2.44. The average molecular weight is 448 g/mol. The maximum absolute atomic E-state index is 13.1. The lowest BCUT2D eigenvalue weighted by Crippen LogP contribution is -2.28. The summed E-state index contributed by atoms with van der Waals surface area (Å²) in [6.07, 6.45) is 1.68. The Balaban J connectivity index is 1.69. The number of hydrogen-bond donors (Lipinski definition) is 1. The van der Waals surface area contributed by atoms with E-state index in [1.807, 2.05) is 6.92 Å². The third-order valence-corrected chi connectivity index (χ3v) is 7.14. The molecule has 1 heterocycles. The summed E-state index contributed by atoms with van der Waals surface area (Å²) in [5.74, 6) is -0.720. The van der Waals surface area contributed by atoms with Gasteiger partial charge in [-0.15, -0.1) is 11.3 Å². The molecule has 0 spiro atoms. The lowest BCUT2D eigenvalue weighted by Gasteiger charge is -2.16. The lowest BCUT2D eigenvalue weighted by atomic mass is 10.2. The van der Waals surface area contributed by atoms with Gasteiger partial charge in [0.05, 0.1) is 10.6 Å². The summed E-state index contributed by atoms with van der Waals surface area (Å²) in [4.78, 5) is 17.0. The van der Waals surface area contributed by atoms with Gasteiger partial charge in [-0.25, -0.2) is 22.1 Å². The standard InChI is InChI=1S/C21H22FN3O3S2/c1-3-4-13-25(2)30(27,28)18-11-7-16(8-12-18)20(26)24-21-23-19(14-29-21)15-5-9-17(22)10-6-15/h5-12,14H,3-4,13H2,1-2H3,(H,23,24,26). The summed E-state index contributed by atoms with van der Waals surface area (Å²) in [5.41, 5.74) is 1.70. The van der Waals surface area contributed by atoms with Gasteiger partial charge in [-0.1, -0.05) is 13.3 Å². The van der Waals surface area contributed by atoms with Crippen molar-refractivity contribution in [3.63, 3.8) is 0 Å². The smallest absolute Gasteiger partial charge is 0.257 e. The fourth-order valence-electron chi connectivity index (χ4n) is 2.71. The zero-order chi connectivity index (χ0) is 21.7. The molecule has 0 fully saturated rings. The van der Waals surface area contributed by atoms with Crippen molar-refractivity contribution in [3.05, 3.63) is 65.3 Å². The van der Waals surface area contributed by atoms with Crippen LogP contribution in [0.25, 0.3) is 11.3 Å². The van der Waals surface area contributed by atoms with Crippen molar-refractivity contribution in [1.82, 2.24) is 9.29 Å². The Morgan fingerprint density at radius 3 is 2.43 bits per heavy atom. The Labute approximate surface area is 179 Å². The van der Waals surface area contributed by atoms with Gasteiger partial charge in [-0.2, -0.15) is 0 Å². The number of carbonyl (C=O) groups is 1. The van der Waals surface area contributed by atoms with Gasteiger partial charge in [0.15, 0.2) is 5.13 Å². The Morgan fingerprint density at radius 1 is 1.13 bits per heavy atom. The second-order valence-corrected chi connectivity index (χ2v) is 9.61. The van der Waals surface area contributed by atoms with Crippen molar-refractivity contribution in [1.29, 1.82) is 0 Å². The van der Waals surface area contributed by atoms with Gasteiger partial charge in [0.1, 0.15) is 5.82 Å². The number of unbranched alkanes of at least 4 members (excludes halogenated alkanes) is 1. The monoisotopic (exact) mass is 447 g/mol. The molecule has 0 bridgehead atoms. The molecule has 0 saturated carbocycles. The van der Waals surface area contributed by atoms with Crippen LogP contribution in [-0.2, 0) is 10.0 Å². The normalized spacial score (nSPS) is 11.6. The number of aromatic nitrogens is 1. The van der Waals surface area contributed by atoms with Gasteiger partial charge in [-0.3, -0.25) is 10.1 Å². The van der Waals surface area contributed by atoms with E-state index in [0.29, 0.717) is 22.9 Å². The summed E-state index contributed by atoms with van der Waals surface area (Å²) < 4.78 is 39.5. The number of nitrogens with zero attached hydrogens (tertiary/aromatic N) is 2. The molecule has 30 heavy (non-hydrogen) atoms. The van der Waals surface area contributed by atoms with Crippen LogP contribution in [0.4, 0.5) is 9.52 Å². The number of halogens is 1. The number of thiazole rings is 1. The number of benzene rings is 2. The van der Waals surface area contributed by atoms with Crippen LogP contribution in [-0.4, -0.2) is 37.2 Å². The Bertz CT molecular complexity index is 1110. The number of rotatable bonds is 8. The fraction of sp³-hybridized carbons (Fsp3) is 0.238. The topological polar surface area (TPSA) is 79.4 Å². The molecule has 158 valence electrons. The molecular weight excluding hydrogens is 425 g/mol. The van der Waals surface area contributed by atoms with Crippen LogP contribution in [0.2, 0.25) is 0 Å². The Kier molecular flexibility index (Phi) is 6.96. The van der Waals surface area contributed by atoms with Crippen molar-refractivity contribution in [2.45, 2.75) is 24.7 Å². The second-order valence-electron chi connectivity index (χ2n) is 6.70. The molecule has 0 atom stereocenters.